The zero-order chi connectivity index (χ0) is 11.1. The van der Waals surface area contributed by atoms with Gasteiger partial charge in [0.2, 0.25) is 11.4 Å². The first-order valence-corrected chi connectivity index (χ1v) is 4.62. The summed E-state index contributed by atoms with van der Waals surface area (Å²) in [7, 11) is 0. The molecule has 0 saturated carbocycles. The lowest BCUT2D eigenvalue weighted by Gasteiger charge is -2.01. The smallest absolute Gasteiger partial charge is 0.298 e. The van der Waals surface area contributed by atoms with Gasteiger partial charge in [-0.15, -0.1) is 0 Å². The van der Waals surface area contributed by atoms with Crippen molar-refractivity contribution < 1.29 is 18.8 Å². The molecule has 0 fully saturated rings. The van der Waals surface area contributed by atoms with Crippen molar-refractivity contribution in [2.75, 3.05) is 6.54 Å². The Labute approximate surface area is 86.6 Å². The van der Waals surface area contributed by atoms with Crippen LogP contribution >= 0.6 is 0 Å². The van der Waals surface area contributed by atoms with Crippen LogP contribution in [0.1, 0.15) is 30.3 Å². The minimum absolute atomic E-state index is 0.0156. The Bertz CT molecular complexity index is 335. The summed E-state index contributed by atoms with van der Waals surface area (Å²) < 4.78 is 9.04. The third-order valence-electron chi connectivity index (χ3n) is 1.74. The standard InChI is InChI=1S/C9H12N2O4/c1-2-3-4-10-9(13)8-7(14-6-12)5-15-11-8/h5-6H,2-4H2,1H3,(H,10,13). The molecular formula is C9H12N2O4. The van der Waals surface area contributed by atoms with Gasteiger partial charge >= 0.3 is 0 Å². The lowest BCUT2D eigenvalue weighted by atomic mass is 10.3. The van der Waals surface area contributed by atoms with Crippen molar-refractivity contribution in [1.82, 2.24) is 10.5 Å². The number of carbonyl (C=O) groups is 2. The Morgan fingerprint density at radius 1 is 1.73 bits per heavy atom. The number of nitrogens with zero attached hydrogens (tertiary/aromatic N) is 1. The Morgan fingerprint density at radius 3 is 3.20 bits per heavy atom. The SMILES string of the molecule is CCCCNC(=O)c1nocc1OC=O. The highest BCUT2D eigenvalue weighted by Crippen LogP contribution is 2.15. The summed E-state index contributed by atoms with van der Waals surface area (Å²) >= 11 is 0. The summed E-state index contributed by atoms with van der Waals surface area (Å²) in [5.41, 5.74) is -0.0156. The van der Waals surface area contributed by atoms with Gasteiger partial charge in [0, 0.05) is 6.54 Å². The van der Waals surface area contributed by atoms with Gasteiger partial charge in [-0.25, -0.2) is 0 Å². The van der Waals surface area contributed by atoms with E-state index < -0.39 is 5.91 Å². The fourth-order valence-electron chi connectivity index (χ4n) is 0.979. The number of rotatable bonds is 6. The van der Waals surface area contributed by atoms with Gasteiger partial charge in [0.05, 0.1) is 0 Å². The van der Waals surface area contributed by atoms with Crippen LogP contribution in [0, 0.1) is 0 Å². The number of hydrogen-bond acceptors (Lipinski definition) is 5. The van der Waals surface area contributed by atoms with Crippen LogP contribution < -0.4 is 10.1 Å². The number of ether oxygens (including phenoxy) is 1. The molecule has 0 radical (unpaired) electrons. The van der Waals surface area contributed by atoms with E-state index in [-0.39, 0.29) is 17.9 Å². The van der Waals surface area contributed by atoms with Crippen LogP contribution in [-0.4, -0.2) is 24.1 Å². The molecule has 82 valence electrons. The maximum absolute atomic E-state index is 11.4. The molecule has 6 heteroatoms. The zero-order valence-corrected chi connectivity index (χ0v) is 8.36. The van der Waals surface area contributed by atoms with E-state index in [1.165, 1.54) is 0 Å². The average Bonchev–Trinajstić information content (AvgIpc) is 2.67. The fraction of sp³-hybridized carbons (Fsp3) is 0.444. The first kappa shape index (κ1) is 11.2. The molecule has 1 rings (SSSR count). The second-order valence-electron chi connectivity index (χ2n) is 2.85. The molecule has 0 bridgehead atoms. The minimum atomic E-state index is -0.408. The van der Waals surface area contributed by atoms with Gasteiger partial charge in [-0.05, 0) is 6.42 Å². The fourth-order valence-corrected chi connectivity index (χ4v) is 0.979. The Kier molecular flexibility index (Phi) is 4.33. The van der Waals surface area contributed by atoms with Crippen molar-refractivity contribution in [1.29, 1.82) is 0 Å². The highest BCUT2D eigenvalue weighted by Gasteiger charge is 2.16. The molecule has 0 aliphatic heterocycles. The second-order valence-corrected chi connectivity index (χ2v) is 2.85. The number of nitrogens with one attached hydrogen (secondary N) is 1. The average molecular weight is 212 g/mol. The van der Waals surface area contributed by atoms with Gasteiger partial charge in [-0.2, -0.15) is 0 Å². The molecule has 1 N–H and O–H groups in total. The van der Waals surface area contributed by atoms with Crippen molar-refractivity contribution in [2.45, 2.75) is 19.8 Å². The highest BCUT2D eigenvalue weighted by molar-refractivity contribution is 5.94. The molecule has 6 nitrogen and oxygen atoms in total. The van der Waals surface area contributed by atoms with Crippen molar-refractivity contribution in [3.63, 3.8) is 0 Å². The first-order valence-electron chi connectivity index (χ1n) is 4.62. The van der Waals surface area contributed by atoms with Crippen molar-refractivity contribution in [3.8, 4) is 5.75 Å². The molecule has 0 aromatic carbocycles. The van der Waals surface area contributed by atoms with E-state index in [1.54, 1.807) is 0 Å². The molecule has 0 atom stereocenters. The number of aromatic nitrogens is 1. The Balaban J connectivity index is 2.56. The van der Waals surface area contributed by atoms with E-state index in [0.717, 1.165) is 19.1 Å². The molecule has 1 heterocycles. The molecular weight excluding hydrogens is 200 g/mol. The summed E-state index contributed by atoms with van der Waals surface area (Å²) in [6, 6.07) is 0. The topological polar surface area (TPSA) is 81.4 Å². The number of unbranched alkanes of at least 4 members (excludes halogenated alkanes) is 1. The van der Waals surface area contributed by atoms with Gasteiger partial charge in [-0.1, -0.05) is 18.5 Å². The minimum Gasteiger partial charge on any atom is -0.423 e. The molecule has 0 unspecified atom stereocenters. The summed E-state index contributed by atoms with van der Waals surface area (Å²) in [4.78, 5) is 21.5. The first-order chi connectivity index (χ1) is 7.29. The monoisotopic (exact) mass is 212 g/mol. The molecule has 1 amide bonds. The van der Waals surface area contributed by atoms with E-state index in [2.05, 4.69) is 19.7 Å². The van der Waals surface area contributed by atoms with Gasteiger partial charge in [0.1, 0.15) is 0 Å². The van der Waals surface area contributed by atoms with E-state index >= 15 is 0 Å². The molecule has 0 spiro atoms. The van der Waals surface area contributed by atoms with E-state index in [0.29, 0.717) is 6.54 Å². The summed E-state index contributed by atoms with van der Waals surface area (Å²) in [5, 5.41) is 6.07. The van der Waals surface area contributed by atoms with Gasteiger partial charge < -0.3 is 14.6 Å². The third-order valence-corrected chi connectivity index (χ3v) is 1.74. The largest absolute Gasteiger partial charge is 0.423 e. The lowest BCUT2D eigenvalue weighted by molar-refractivity contribution is -0.120. The van der Waals surface area contributed by atoms with E-state index in [9.17, 15) is 9.59 Å². The van der Waals surface area contributed by atoms with Gasteiger partial charge in [0.25, 0.3) is 12.4 Å². The van der Waals surface area contributed by atoms with Crippen LogP contribution in [0.2, 0.25) is 0 Å². The summed E-state index contributed by atoms with van der Waals surface area (Å²) in [6.07, 6.45) is 2.97. The van der Waals surface area contributed by atoms with Crippen molar-refractivity contribution >= 4 is 12.4 Å². The molecule has 1 aromatic heterocycles. The predicted octanol–water partition coefficient (Wildman–Crippen LogP) is 0.740. The highest BCUT2D eigenvalue weighted by atomic mass is 16.5. The number of hydrogen-bond donors (Lipinski definition) is 1. The van der Waals surface area contributed by atoms with Crippen LogP contribution in [0.4, 0.5) is 0 Å². The Morgan fingerprint density at radius 2 is 2.53 bits per heavy atom. The van der Waals surface area contributed by atoms with Crippen LogP contribution in [-0.2, 0) is 4.79 Å². The van der Waals surface area contributed by atoms with E-state index in [1.807, 2.05) is 6.92 Å². The van der Waals surface area contributed by atoms with Gasteiger partial charge in [0.15, 0.2) is 6.26 Å². The summed E-state index contributed by atoms with van der Waals surface area (Å²) in [6.45, 7) is 2.79. The van der Waals surface area contributed by atoms with Gasteiger partial charge in [-0.3, -0.25) is 9.59 Å². The third kappa shape index (κ3) is 3.08. The van der Waals surface area contributed by atoms with Crippen molar-refractivity contribution in [2.24, 2.45) is 0 Å². The Hall–Kier alpha value is -1.85. The van der Waals surface area contributed by atoms with Crippen LogP contribution in [0.15, 0.2) is 10.8 Å². The quantitative estimate of drug-likeness (QED) is 0.555. The molecule has 15 heavy (non-hydrogen) atoms. The zero-order valence-electron chi connectivity index (χ0n) is 8.36. The normalized spacial score (nSPS) is 9.67. The molecule has 1 aromatic rings. The summed E-state index contributed by atoms with van der Waals surface area (Å²) in [5.74, 6) is -0.381. The predicted molar refractivity (Wildman–Crippen MR) is 50.4 cm³/mol. The number of amides is 1. The van der Waals surface area contributed by atoms with Crippen LogP contribution in [0.3, 0.4) is 0 Å². The molecule has 0 aliphatic carbocycles. The lowest BCUT2D eigenvalue weighted by Crippen LogP contribution is -2.25. The van der Waals surface area contributed by atoms with E-state index in [4.69, 9.17) is 0 Å². The van der Waals surface area contributed by atoms with Crippen molar-refractivity contribution in [3.05, 3.63) is 12.0 Å². The maximum Gasteiger partial charge on any atom is 0.298 e. The van der Waals surface area contributed by atoms with Crippen LogP contribution in [0.5, 0.6) is 5.75 Å². The maximum atomic E-state index is 11.4. The molecule has 0 saturated heterocycles. The second kappa shape index (κ2) is 5.79. The van der Waals surface area contributed by atoms with Crippen LogP contribution in [0.25, 0.3) is 0 Å². The number of carbonyl (C=O) groups excluding carboxylic acids is 2. The molecule has 0 aliphatic rings.